The van der Waals surface area contributed by atoms with E-state index in [1.54, 1.807) is 31.2 Å². The molecule has 1 aromatic rings. The first-order valence-corrected chi connectivity index (χ1v) is 8.91. The lowest BCUT2D eigenvalue weighted by atomic mass is 10.2. The predicted molar refractivity (Wildman–Crippen MR) is 85.1 cm³/mol. The molecular formula is C15H23N3O3S. The highest BCUT2D eigenvalue weighted by Crippen LogP contribution is 2.09. The summed E-state index contributed by atoms with van der Waals surface area (Å²) in [5, 5.41) is 0. The molecule has 0 saturated carbocycles. The molecule has 1 fully saturated rings. The largest absolute Gasteiger partial charge is 0.340 e. The second kappa shape index (κ2) is 7.21. The van der Waals surface area contributed by atoms with Crippen molar-refractivity contribution < 1.29 is 13.2 Å². The summed E-state index contributed by atoms with van der Waals surface area (Å²) in [6, 6.07) is 6.80. The van der Waals surface area contributed by atoms with Gasteiger partial charge in [-0.05, 0) is 19.1 Å². The summed E-state index contributed by atoms with van der Waals surface area (Å²) < 4.78 is 26.9. The van der Waals surface area contributed by atoms with Crippen LogP contribution < -0.4 is 4.72 Å². The van der Waals surface area contributed by atoms with E-state index in [1.807, 2.05) is 11.8 Å². The first-order valence-electron chi connectivity index (χ1n) is 7.43. The van der Waals surface area contributed by atoms with Crippen molar-refractivity contribution in [1.29, 1.82) is 0 Å². The van der Waals surface area contributed by atoms with Crippen LogP contribution in [-0.2, 0) is 14.8 Å². The van der Waals surface area contributed by atoms with E-state index in [1.165, 1.54) is 0 Å². The smallest absolute Gasteiger partial charge is 0.240 e. The lowest BCUT2D eigenvalue weighted by Crippen LogP contribution is -2.49. The molecule has 1 heterocycles. The minimum absolute atomic E-state index is 0.0970. The van der Waals surface area contributed by atoms with Crippen LogP contribution >= 0.6 is 0 Å². The van der Waals surface area contributed by atoms with Crippen LogP contribution in [-0.4, -0.2) is 63.4 Å². The van der Waals surface area contributed by atoms with Gasteiger partial charge in [-0.3, -0.25) is 9.69 Å². The Bertz CT molecular complexity index is 605. The standard InChI is InChI=1S/C15H23N3O3S/c1-13-3-5-15(6-4-13)22(20,21)16-7-8-17-9-11-18(12-10-17)14(2)19/h3-6,16H,7-12H2,1-2H3. The third-order valence-corrected chi connectivity index (χ3v) is 5.35. The van der Waals surface area contributed by atoms with Crippen LogP contribution in [0.25, 0.3) is 0 Å². The normalized spacial score (nSPS) is 16.7. The Balaban J connectivity index is 1.79. The molecule has 22 heavy (non-hydrogen) atoms. The van der Waals surface area contributed by atoms with E-state index in [0.29, 0.717) is 31.1 Å². The summed E-state index contributed by atoms with van der Waals surface area (Å²) in [7, 11) is -3.44. The number of carbonyl (C=O) groups excluding carboxylic acids is 1. The van der Waals surface area contributed by atoms with Gasteiger partial charge in [0.25, 0.3) is 0 Å². The number of aryl methyl sites for hydroxylation is 1. The van der Waals surface area contributed by atoms with Crippen LogP contribution in [0.1, 0.15) is 12.5 Å². The van der Waals surface area contributed by atoms with Gasteiger partial charge in [0, 0.05) is 46.2 Å². The summed E-state index contributed by atoms with van der Waals surface area (Å²) in [5.74, 6) is 0.0970. The number of nitrogens with zero attached hydrogens (tertiary/aromatic N) is 2. The molecule has 122 valence electrons. The van der Waals surface area contributed by atoms with Gasteiger partial charge in [0.2, 0.25) is 15.9 Å². The molecule has 6 nitrogen and oxygen atoms in total. The molecule has 1 N–H and O–H groups in total. The van der Waals surface area contributed by atoms with Gasteiger partial charge in [0.05, 0.1) is 4.90 Å². The van der Waals surface area contributed by atoms with Gasteiger partial charge < -0.3 is 4.90 Å². The van der Waals surface area contributed by atoms with Crippen LogP contribution in [0.2, 0.25) is 0 Å². The maximum atomic E-state index is 12.1. The van der Waals surface area contributed by atoms with Crippen molar-refractivity contribution in [2.24, 2.45) is 0 Å². The number of hydrogen-bond acceptors (Lipinski definition) is 4. The van der Waals surface area contributed by atoms with Gasteiger partial charge in [0.1, 0.15) is 0 Å². The van der Waals surface area contributed by atoms with Crippen molar-refractivity contribution in [3.05, 3.63) is 29.8 Å². The molecule has 1 saturated heterocycles. The molecule has 1 aliphatic rings. The Morgan fingerprint density at radius 1 is 1.14 bits per heavy atom. The summed E-state index contributed by atoms with van der Waals surface area (Å²) in [6.45, 7) is 7.50. The molecule has 0 spiro atoms. The highest BCUT2D eigenvalue weighted by atomic mass is 32.2. The summed E-state index contributed by atoms with van der Waals surface area (Å²) in [5.41, 5.74) is 1.03. The van der Waals surface area contributed by atoms with E-state index < -0.39 is 10.0 Å². The molecule has 7 heteroatoms. The van der Waals surface area contributed by atoms with Gasteiger partial charge in [-0.25, -0.2) is 13.1 Å². The highest BCUT2D eigenvalue weighted by molar-refractivity contribution is 7.89. The average molecular weight is 325 g/mol. The molecule has 1 aromatic carbocycles. The first-order chi connectivity index (χ1) is 10.4. The minimum atomic E-state index is -3.44. The Labute approximate surface area is 132 Å². The second-order valence-electron chi connectivity index (χ2n) is 5.56. The molecule has 0 aliphatic carbocycles. The Kier molecular flexibility index (Phi) is 5.55. The number of nitrogens with one attached hydrogen (secondary N) is 1. The van der Waals surface area contributed by atoms with Gasteiger partial charge in [-0.1, -0.05) is 17.7 Å². The topological polar surface area (TPSA) is 69.7 Å². The van der Waals surface area contributed by atoms with E-state index in [2.05, 4.69) is 9.62 Å². The van der Waals surface area contributed by atoms with Gasteiger partial charge in [-0.15, -0.1) is 0 Å². The Hall–Kier alpha value is -1.44. The van der Waals surface area contributed by atoms with Crippen LogP contribution in [0.4, 0.5) is 0 Å². The minimum Gasteiger partial charge on any atom is -0.340 e. The van der Waals surface area contributed by atoms with Gasteiger partial charge >= 0.3 is 0 Å². The average Bonchev–Trinajstić information content (AvgIpc) is 2.48. The molecule has 0 atom stereocenters. The maximum Gasteiger partial charge on any atom is 0.240 e. The predicted octanol–water partition coefficient (Wildman–Crippen LogP) is 0.437. The maximum absolute atomic E-state index is 12.1. The second-order valence-corrected chi connectivity index (χ2v) is 7.33. The number of rotatable bonds is 5. The summed E-state index contributed by atoms with van der Waals surface area (Å²) in [6.07, 6.45) is 0. The molecule has 0 radical (unpaired) electrons. The third kappa shape index (κ3) is 4.53. The number of amides is 1. The van der Waals surface area contributed by atoms with Crippen molar-refractivity contribution in [2.75, 3.05) is 39.3 Å². The number of benzene rings is 1. The van der Waals surface area contributed by atoms with Crippen molar-refractivity contribution in [2.45, 2.75) is 18.7 Å². The molecule has 1 amide bonds. The van der Waals surface area contributed by atoms with E-state index in [-0.39, 0.29) is 5.91 Å². The van der Waals surface area contributed by atoms with Crippen molar-refractivity contribution in [1.82, 2.24) is 14.5 Å². The molecule has 1 aliphatic heterocycles. The molecular weight excluding hydrogens is 302 g/mol. The zero-order chi connectivity index (χ0) is 16.2. The zero-order valence-electron chi connectivity index (χ0n) is 13.1. The SMILES string of the molecule is CC(=O)N1CCN(CCNS(=O)(=O)c2ccc(C)cc2)CC1. The Morgan fingerprint density at radius 2 is 1.73 bits per heavy atom. The van der Waals surface area contributed by atoms with E-state index >= 15 is 0 Å². The lowest BCUT2D eigenvalue weighted by Gasteiger charge is -2.34. The molecule has 0 bridgehead atoms. The third-order valence-electron chi connectivity index (χ3n) is 3.87. The van der Waals surface area contributed by atoms with E-state index in [0.717, 1.165) is 18.7 Å². The van der Waals surface area contributed by atoms with Crippen LogP contribution in [0.5, 0.6) is 0 Å². The van der Waals surface area contributed by atoms with Gasteiger partial charge in [0.15, 0.2) is 0 Å². The number of hydrogen-bond donors (Lipinski definition) is 1. The quantitative estimate of drug-likeness (QED) is 0.853. The van der Waals surface area contributed by atoms with E-state index in [4.69, 9.17) is 0 Å². The monoisotopic (exact) mass is 325 g/mol. The van der Waals surface area contributed by atoms with Crippen LogP contribution in [0.3, 0.4) is 0 Å². The number of sulfonamides is 1. The molecule has 2 rings (SSSR count). The fraction of sp³-hybridized carbons (Fsp3) is 0.533. The van der Waals surface area contributed by atoms with E-state index in [9.17, 15) is 13.2 Å². The summed E-state index contributed by atoms with van der Waals surface area (Å²) >= 11 is 0. The molecule has 0 unspecified atom stereocenters. The highest BCUT2D eigenvalue weighted by Gasteiger charge is 2.19. The number of piperazine rings is 1. The zero-order valence-corrected chi connectivity index (χ0v) is 13.9. The van der Waals surface area contributed by atoms with Crippen LogP contribution in [0, 0.1) is 6.92 Å². The Morgan fingerprint density at radius 3 is 2.27 bits per heavy atom. The fourth-order valence-corrected chi connectivity index (χ4v) is 3.45. The van der Waals surface area contributed by atoms with Gasteiger partial charge in [-0.2, -0.15) is 0 Å². The summed E-state index contributed by atoms with van der Waals surface area (Å²) in [4.78, 5) is 15.5. The first kappa shape index (κ1) is 16.9. The van der Waals surface area contributed by atoms with Crippen molar-refractivity contribution >= 4 is 15.9 Å². The van der Waals surface area contributed by atoms with Crippen LogP contribution in [0.15, 0.2) is 29.2 Å². The van der Waals surface area contributed by atoms with Crippen molar-refractivity contribution in [3.8, 4) is 0 Å². The lowest BCUT2D eigenvalue weighted by molar-refractivity contribution is -0.130. The van der Waals surface area contributed by atoms with Crippen molar-refractivity contribution in [3.63, 3.8) is 0 Å². The molecule has 0 aromatic heterocycles. The fourth-order valence-electron chi connectivity index (χ4n) is 2.43. The number of carbonyl (C=O) groups is 1.